The van der Waals surface area contributed by atoms with Gasteiger partial charge >= 0.3 is 0 Å². The summed E-state index contributed by atoms with van der Waals surface area (Å²) in [7, 11) is 0. The molecule has 0 amide bonds. The second-order valence-electron chi connectivity index (χ2n) is 4.77. The molecule has 0 radical (unpaired) electrons. The maximum Gasteiger partial charge on any atom is 0.0897 e. The van der Waals surface area contributed by atoms with Gasteiger partial charge in [0.05, 0.1) is 10.7 Å². The van der Waals surface area contributed by atoms with Gasteiger partial charge in [0.25, 0.3) is 0 Å². The van der Waals surface area contributed by atoms with E-state index in [1.807, 2.05) is 0 Å². The van der Waals surface area contributed by atoms with E-state index in [1.54, 1.807) is 11.3 Å². The lowest BCUT2D eigenvalue weighted by Crippen LogP contribution is -2.04. The zero-order valence-electron chi connectivity index (χ0n) is 9.05. The van der Waals surface area contributed by atoms with Crippen LogP contribution in [0.4, 0.5) is 0 Å². The highest BCUT2D eigenvalue weighted by Crippen LogP contribution is 2.22. The molecule has 0 aromatic carbocycles. The highest BCUT2D eigenvalue weighted by molar-refractivity contribution is 7.09. The summed E-state index contributed by atoms with van der Waals surface area (Å²) in [4.78, 5) is 4.45. The van der Waals surface area contributed by atoms with Gasteiger partial charge in [-0.3, -0.25) is 0 Å². The van der Waals surface area contributed by atoms with E-state index in [0.29, 0.717) is 5.41 Å². The molecule has 1 rings (SSSR count). The van der Waals surface area contributed by atoms with Gasteiger partial charge in [-0.15, -0.1) is 11.3 Å². The minimum Gasteiger partial charge on any atom is -0.247 e. The van der Waals surface area contributed by atoms with Crippen LogP contribution in [-0.4, -0.2) is 4.98 Å². The molecule has 0 aliphatic heterocycles. The number of hydrogen-bond donors (Lipinski definition) is 0. The Morgan fingerprint density at radius 2 is 2.08 bits per heavy atom. The second-order valence-corrected chi connectivity index (χ2v) is 5.83. The first-order valence-electron chi connectivity index (χ1n) is 4.88. The Balaban J connectivity index is 2.28. The topological polar surface area (TPSA) is 12.9 Å². The zero-order valence-corrected chi connectivity index (χ0v) is 9.87. The summed E-state index contributed by atoms with van der Waals surface area (Å²) in [6, 6.07) is 0. The molecule has 0 saturated heterocycles. The van der Waals surface area contributed by atoms with Crippen molar-refractivity contribution in [1.29, 1.82) is 0 Å². The average Bonchev–Trinajstić information content (AvgIpc) is 2.33. The third-order valence-corrected chi connectivity index (χ3v) is 2.85. The molecule has 74 valence electrons. The van der Waals surface area contributed by atoms with E-state index in [0.717, 1.165) is 6.42 Å². The lowest BCUT2D eigenvalue weighted by Gasteiger charge is -2.16. The van der Waals surface area contributed by atoms with E-state index in [1.165, 1.54) is 23.5 Å². The fourth-order valence-electron chi connectivity index (χ4n) is 1.32. The molecule has 0 atom stereocenters. The average molecular weight is 197 g/mol. The van der Waals surface area contributed by atoms with Crippen LogP contribution in [0.5, 0.6) is 0 Å². The van der Waals surface area contributed by atoms with Crippen LogP contribution >= 0.6 is 11.3 Å². The number of aryl methyl sites for hydroxylation is 2. The molecule has 1 heterocycles. The Kier molecular flexibility index (Phi) is 3.48. The molecule has 0 spiro atoms. The van der Waals surface area contributed by atoms with Gasteiger partial charge in [0.15, 0.2) is 0 Å². The molecule has 1 nitrogen and oxygen atoms in total. The summed E-state index contributed by atoms with van der Waals surface area (Å²) in [6.45, 7) is 8.94. The van der Waals surface area contributed by atoms with Crippen LogP contribution in [0.15, 0.2) is 5.38 Å². The Labute approximate surface area is 85.2 Å². The van der Waals surface area contributed by atoms with Crippen LogP contribution in [0.2, 0.25) is 0 Å². The van der Waals surface area contributed by atoms with Crippen molar-refractivity contribution in [2.75, 3.05) is 0 Å². The quantitative estimate of drug-likeness (QED) is 0.718. The molecule has 1 aromatic heterocycles. The number of aromatic nitrogens is 1. The van der Waals surface area contributed by atoms with Crippen LogP contribution < -0.4 is 0 Å². The van der Waals surface area contributed by atoms with Gasteiger partial charge in [-0.25, -0.2) is 4.98 Å². The van der Waals surface area contributed by atoms with Gasteiger partial charge < -0.3 is 0 Å². The van der Waals surface area contributed by atoms with Crippen molar-refractivity contribution in [2.24, 2.45) is 5.41 Å². The normalized spacial score (nSPS) is 12.0. The molecule has 0 unspecified atom stereocenters. The Morgan fingerprint density at radius 3 is 2.54 bits per heavy atom. The summed E-state index contributed by atoms with van der Waals surface area (Å²) >= 11 is 1.75. The van der Waals surface area contributed by atoms with Crippen LogP contribution in [0.3, 0.4) is 0 Å². The standard InChI is InChI=1S/C11H19NS/c1-9-12-10(8-13-9)6-5-7-11(2,3)4/h8H,5-7H2,1-4H3. The van der Waals surface area contributed by atoms with Gasteiger partial charge in [0.2, 0.25) is 0 Å². The van der Waals surface area contributed by atoms with Gasteiger partial charge in [0, 0.05) is 5.38 Å². The first-order chi connectivity index (χ1) is 5.97. The van der Waals surface area contributed by atoms with Crippen LogP contribution in [0, 0.1) is 12.3 Å². The van der Waals surface area contributed by atoms with E-state index >= 15 is 0 Å². The van der Waals surface area contributed by atoms with Gasteiger partial charge in [-0.2, -0.15) is 0 Å². The van der Waals surface area contributed by atoms with Crippen molar-refractivity contribution in [2.45, 2.75) is 47.0 Å². The predicted molar refractivity (Wildman–Crippen MR) is 59.2 cm³/mol. The minimum absolute atomic E-state index is 0.463. The van der Waals surface area contributed by atoms with Crippen LogP contribution in [0.1, 0.15) is 44.3 Å². The van der Waals surface area contributed by atoms with E-state index < -0.39 is 0 Å². The third kappa shape index (κ3) is 4.41. The predicted octanol–water partition coefficient (Wildman–Crippen LogP) is 3.82. The SMILES string of the molecule is Cc1nc(CCCC(C)(C)C)cs1. The number of nitrogens with zero attached hydrogens (tertiary/aromatic N) is 1. The summed E-state index contributed by atoms with van der Waals surface area (Å²) in [5, 5.41) is 3.36. The summed E-state index contributed by atoms with van der Waals surface area (Å²) in [5.41, 5.74) is 1.73. The molecule has 13 heavy (non-hydrogen) atoms. The molecule has 0 aliphatic rings. The largest absolute Gasteiger partial charge is 0.247 e. The maximum absolute atomic E-state index is 4.45. The van der Waals surface area contributed by atoms with Crippen LogP contribution in [0.25, 0.3) is 0 Å². The second kappa shape index (κ2) is 4.23. The molecule has 0 N–H and O–H groups in total. The lowest BCUT2D eigenvalue weighted by atomic mass is 9.90. The summed E-state index contributed by atoms with van der Waals surface area (Å²) in [6.07, 6.45) is 3.68. The van der Waals surface area contributed by atoms with Gasteiger partial charge in [-0.05, 0) is 31.6 Å². The highest BCUT2D eigenvalue weighted by Gasteiger charge is 2.09. The molecular weight excluding hydrogens is 178 g/mol. The van der Waals surface area contributed by atoms with Gasteiger partial charge in [-0.1, -0.05) is 20.8 Å². The van der Waals surface area contributed by atoms with Crippen molar-refractivity contribution < 1.29 is 0 Å². The van der Waals surface area contributed by atoms with Crippen molar-refractivity contribution >= 4 is 11.3 Å². The molecule has 0 fully saturated rings. The van der Waals surface area contributed by atoms with E-state index in [9.17, 15) is 0 Å². The molecule has 0 bridgehead atoms. The molecule has 0 saturated carbocycles. The Morgan fingerprint density at radius 1 is 1.38 bits per heavy atom. The monoisotopic (exact) mass is 197 g/mol. The molecular formula is C11H19NS. The fraction of sp³-hybridized carbons (Fsp3) is 0.727. The summed E-state index contributed by atoms with van der Waals surface area (Å²) < 4.78 is 0. The highest BCUT2D eigenvalue weighted by atomic mass is 32.1. The van der Waals surface area contributed by atoms with Crippen LogP contribution in [-0.2, 0) is 6.42 Å². The summed E-state index contributed by atoms with van der Waals surface area (Å²) in [5.74, 6) is 0. The van der Waals surface area contributed by atoms with Crippen molar-refractivity contribution in [3.8, 4) is 0 Å². The molecule has 1 aromatic rings. The van der Waals surface area contributed by atoms with E-state index in [4.69, 9.17) is 0 Å². The van der Waals surface area contributed by atoms with E-state index in [-0.39, 0.29) is 0 Å². The first kappa shape index (κ1) is 10.7. The van der Waals surface area contributed by atoms with Crippen molar-refractivity contribution in [3.05, 3.63) is 16.1 Å². The maximum atomic E-state index is 4.45. The van der Waals surface area contributed by atoms with Crippen molar-refractivity contribution in [3.63, 3.8) is 0 Å². The zero-order chi connectivity index (χ0) is 9.90. The number of thiazole rings is 1. The lowest BCUT2D eigenvalue weighted by molar-refractivity contribution is 0.365. The van der Waals surface area contributed by atoms with E-state index in [2.05, 4.69) is 38.1 Å². The Hall–Kier alpha value is -0.370. The van der Waals surface area contributed by atoms with Gasteiger partial charge in [0.1, 0.15) is 0 Å². The molecule has 2 heteroatoms. The van der Waals surface area contributed by atoms with Crippen molar-refractivity contribution in [1.82, 2.24) is 4.98 Å². The first-order valence-corrected chi connectivity index (χ1v) is 5.76. The fourth-order valence-corrected chi connectivity index (χ4v) is 1.97. The Bertz CT molecular complexity index is 257. The molecule has 0 aliphatic carbocycles. The third-order valence-electron chi connectivity index (χ3n) is 2.03. The minimum atomic E-state index is 0.463. The number of rotatable bonds is 3. The number of hydrogen-bond acceptors (Lipinski definition) is 2. The smallest absolute Gasteiger partial charge is 0.0897 e.